The molecule has 0 bridgehead atoms. The maximum atomic E-state index is 12.3. The van der Waals surface area contributed by atoms with E-state index in [1.165, 1.54) is 6.20 Å². The second-order valence-corrected chi connectivity index (χ2v) is 4.97. The van der Waals surface area contributed by atoms with Crippen LogP contribution in [0.3, 0.4) is 0 Å². The van der Waals surface area contributed by atoms with E-state index in [0.29, 0.717) is 37.5 Å². The van der Waals surface area contributed by atoms with Crippen molar-refractivity contribution in [2.45, 2.75) is 19.8 Å². The van der Waals surface area contributed by atoms with E-state index in [2.05, 4.69) is 10.5 Å². The van der Waals surface area contributed by atoms with Crippen molar-refractivity contribution in [2.75, 3.05) is 26.2 Å². The van der Waals surface area contributed by atoms with E-state index >= 15 is 0 Å². The Balaban J connectivity index is 1.98. The van der Waals surface area contributed by atoms with Crippen LogP contribution in [-0.4, -0.2) is 48.0 Å². The van der Waals surface area contributed by atoms with Crippen molar-refractivity contribution < 1.29 is 14.1 Å². The fourth-order valence-corrected chi connectivity index (χ4v) is 2.39. The fourth-order valence-electron chi connectivity index (χ4n) is 2.39. The summed E-state index contributed by atoms with van der Waals surface area (Å²) in [4.78, 5) is 26.0. The van der Waals surface area contributed by atoms with Crippen LogP contribution in [0.4, 0.5) is 0 Å². The molecule has 2 heterocycles. The lowest BCUT2D eigenvalue weighted by Gasteiger charge is -2.31. The number of likely N-dealkylation sites (tertiary alicyclic amines) is 1. The van der Waals surface area contributed by atoms with Gasteiger partial charge in [-0.15, -0.1) is 0 Å². The summed E-state index contributed by atoms with van der Waals surface area (Å²) in [5.74, 6) is 0.180. The molecule has 1 saturated heterocycles. The smallest absolute Gasteiger partial charge is 0.259 e. The maximum absolute atomic E-state index is 12.3. The minimum absolute atomic E-state index is 0.0324. The summed E-state index contributed by atoms with van der Waals surface area (Å²) in [6, 6.07) is 0. The van der Waals surface area contributed by atoms with Gasteiger partial charge in [0.15, 0.2) is 0 Å². The minimum Gasteiger partial charge on any atom is -0.361 e. The molecule has 1 aromatic rings. The SMILES string of the molecule is Cc1oncc1C(=O)N1CCCC(C(=O)NCCN)C1. The molecule has 0 radical (unpaired) electrons. The number of hydrogen-bond acceptors (Lipinski definition) is 5. The molecular formula is C13H20N4O3. The molecule has 1 unspecified atom stereocenters. The number of carbonyl (C=O) groups is 2. The Morgan fingerprint density at radius 3 is 3.05 bits per heavy atom. The first kappa shape index (κ1) is 14.5. The maximum Gasteiger partial charge on any atom is 0.259 e. The van der Waals surface area contributed by atoms with Crippen molar-refractivity contribution in [3.05, 3.63) is 17.5 Å². The molecule has 0 aliphatic carbocycles. The summed E-state index contributed by atoms with van der Waals surface area (Å²) in [5, 5.41) is 6.39. The van der Waals surface area contributed by atoms with E-state index in [1.54, 1.807) is 11.8 Å². The van der Waals surface area contributed by atoms with Crippen LogP contribution >= 0.6 is 0 Å². The number of amides is 2. The first-order valence-corrected chi connectivity index (χ1v) is 6.81. The predicted octanol–water partition coefficient (Wildman–Crippen LogP) is -0.0899. The number of nitrogens with zero attached hydrogens (tertiary/aromatic N) is 2. The van der Waals surface area contributed by atoms with Crippen LogP contribution < -0.4 is 11.1 Å². The highest BCUT2D eigenvalue weighted by Crippen LogP contribution is 2.19. The topological polar surface area (TPSA) is 101 Å². The lowest BCUT2D eigenvalue weighted by molar-refractivity contribution is -0.126. The summed E-state index contributed by atoms with van der Waals surface area (Å²) in [6.07, 6.45) is 3.04. The standard InChI is InChI=1S/C13H20N4O3/c1-9-11(7-16-20-9)13(19)17-6-2-3-10(8-17)12(18)15-5-4-14/h7,10H,2-6,8,14H2,1H3,(H,15,18). The van der Waals surface area contributed by atoms with Crippen LogP contribution in [0.2, 0.25) is 0 Å². The number of piperidine rings is 1. The second-order valence-electron chi connectivity index (χ2n) is 4.97. The number of aromatic nitrogens is 1. The van der Waals surface area contributed by atoms with E-state index in [4.69, 9.17) is 10.3 Å². The van der Waals surface area contributed by atoms with E-state index < -0.39 is 0 Å². The molecule has 110 valence electrons. The number of nitrogens with two attached hydrogens (primary N) is 1. The highest BCUT2D eigenvalue weighted by Gasteiger charge is 2.30. The van der Waals surface area contributed by atoms with Crippen molar-refractivity contribution >= 4 is 11.8 Å². The normalized spacial score (nSPS) is 18.9. The van der Waals surface area contributed by atoms with Crippen LogP contribution in [0.1, 0.15) is 29.0 Å². The summed E-state index contributed by atoms with van der Waals surface area (Å²) in [5.41, 5.74) is 5.83. The van der Waals surface area contributed by atoms with Gasteiger partial charge in [0.2, 0.25) is 5.91 Å². The van der Waals surface area contributed by atoms with E-state index in [0.717, 1.165) is 12.8 Å². The van der Waals surface area contributed by atoms with Crippen LogP contribution in [0.25, 0.3) is 0 Å². The molecule has 2 rings (SSSR count). The molecule has 0 saturated carbocycles. The van der Waals surface area contributed by atoms with Gasteiger partial charge in [-0.3, -0.25) is 9.59 Å². The van der Waals surface area contributed by atoms with Gasteiger partial charge in [0.25, 0.3) is 5.91 Å². The van der Waals surface area contributed by atoms with Gasteiger partial charge in [-0.1, -0.05) is 5.16 Å². The fraction of sp³-hybridized carbons (Fsp3) is 0.615. The Morgan fingerprint density at radius 2 is 2.40 bits per heavy atom. The van der Waals surface area contributed by atoms with Gasteiger partial charge in [-0.2, -0.15) is 0 Å². The Labute approximate surface area is 117 Å². The Hall–Kier alpha value is -1.89. The van der Waals surface area contributed by atoms with Crippen molar-refractivity contribution in [2.24, 2.45) is 11.7 Å². The molecule has 0 spiro atoms. The quantitative estimate of drug-likeness (QED) is 0.802. The highest BCUT2D eigenvalue weighted by atomic mass is 16.5. The van der Waals surface area contributed by atoms with Crippen molar-refractivity contribution in [1.29, 1.82) is 0 Å². The molecule has 1 aliphatic rings. The van der Waals surface area contributed by atoms with Crippen molar-refractivity contribution in [3.8, 4) is 0 Å². The van der Waals surface area contributed by atoms with E-state index in [9.17, 15) is 9.59 Å². The first-order chi connectivity index (χ1) is 9.63. The Morgan fingerprint density at radius 1 is 1.60 bits per heavy atom. The molecule has 20 heavy (non-hydrogen) atoms. The third-order valence-electron chi connectivity index (χ3n) is 3.50. The highest BCUT2D eigenvalue weighted by molar-refractivity contribution is 5.95. The molecule has 0 aromatic carbocycles. The largest absolute Gasteiger partial charge is 0.361 e. The van der Waals surface area contributed by atoms with E-state index in [-0.39, 0.29) is 17.7 Å². The van der Waals surface area contributed by atoms with Gasteiger partial charge in [0.05, 0.1) is 12.1 Å². The molecule has 1 atom stereocenters. The van der Waals surface area contributed by atoms with Gasteiger partial charge in [0.1, 0.15) is 11.3 Å². The molecular weight excluding hydrogens is 260 g/mol. The number of hydrogen-bond donors (Lipinski definition) is 2. The van der Waals surface area contributed by atoms with Crippen LogP contribution in [-0.2, 0) is 4.79 Å². The number of carbonyl (C=O) groups excluding carboxylic acids is 2. The lowest BCUT2D eigenvalue weighted by atomic mass is 9.96. The van der Waals surface area contributed by atoms with Gasteiger partial charge in [0, 0.05) is 26.2 Å². The lowest BCUT2D eigenvalue weighted by Crippen LogP contribution is -2.46. The molecule has 1 aromatic heterocycles. The summed E-state index contributed by atoms with van der Waals surface area (Å²) in [7, 11) is 0. The van der Waals surface area contributed by atoms with Crippen LogP contribution in [0.5, 0.6) is 0 Å². The third kappa shape index (κ3) is 3.16. The molecule has 1 fully saturated rings. The second kappa shape index (κ2) is 6.51. The summed E-state index contributed by atoms with van der Waals surface area (Å²) < 4.78 is 4.91. The van der Waals surface area contributed by atoms with Crippen molar-refractivity contribution in [3.63, 3.8) is 0 Å². The number of aryl methyl sites for hydroxylation is 1. The number of nitrogens with one attached hydrogen (secondary N) is 1. The molecule has 1 aliphatic heterocycles. The van der Waals surface area contributed by atoms with E-state index in [1.807, 2.05) is 0 Å². The molecule has 2 amide bonds. The summed E-state index contributed by atoms with van der Waals surface area (Å²) >= 11 is 0. The average Bonchev–Trinajstić information content (AvgIpc) is 2.90. The zero-order chi connectivity index (χ0) is 14.5. The van der Waals surface area contributed by atoms with Crippen LogP contribution in [0.15, 0.2) is 10.7 Å². The summed E-state index contributed by atoms with van der Waals surface area (Å²) in [6.45, 7) is 3.68. The zero-order valence-corrected chi connectivity index (χ0v) is 11.6. The van der Waals surface area contributed by atoms with Gasteiger partial charge < -0.3 is 20.5 Å². The minimum atomic E-state index is -0.167. The molecule has 3 N–H and O–H groups in total. The number of rotatable bonds is 4. The Bertz CT molecular complexity index is 486. The van der Waals surface area contributed by atoms with Crippen molar-refractivity contribution in [1.82, 2.24) is 15.4 Å². The van der Waals surface area contributed by atoms with Crippen LogP contribution in [0, 0.1) is 12.8 Å². The van der Waals surface area contributed by atoms with Gasteiger partial charge in [-0.05, 0) is 19.8 Å². The average molecular weight is 280 g/mol. The molecule has 7 nitrogen and oxygen atoms in total. The van der Waals surface area contributed by atoms with Gasteiger partial charge >= 0.3 is 0 Å². The predicted molar refractivity (Wildman–Crippen MR) is 71.9 cm³/mol. The first-order valence-electron chi connectivity index (χ1n) is 6.81. The zero-order valence-electron chi connectivity index (χ0n) is 11.6. The monoisotopic (exact) mass is 280 g/mol. The third-order valence-corrected chi connectivity index (χ3v) is 3.50. The van der Waals surface area contributed by atoms with Gasteiger partial charge in [-0.25, -0.2) is 0 Å². The molecule has 7 heteroatoms. The Kier molecular flexibility index (Phi) is 4.73.